The molecule has 1 aliphatic rings. The molecule has 56 valence electrons. The fraction of sp³-hybridized carbons (Fsp3) is 0. The molecule has 0 bridgehead atoms. The average Bonchev–Trinajstić information content (AvgIpc) is 2.78. The zero-order valence-electron chi connectivity index (χ0n) is 5.60. The van der Waals surface area contributed by atoms with Crippen molar-refractivity contribution in [2.75, 3.05) is 5.43 Å². The molecule has 0 atom stereocenters. The van der Waals surface area contributed by atoms with Crippen molar-refractivity contribution in [1.82, 2.24) is 5.23 Å². The summed E-state index contributed by atoms with van der Waals surface area (Å²) in [6.07, 6.45) is 0. The minimum Gasteiger partial charge on any atom is -0.506 e. The molecule has 0 aromatic heterocycles. The Hall–Kier alpha value is -1.78. The Balaban J connectivity index is 2.15. The normalized spacial score (nSPS) is 13.3. The third kappa shape index (κ3) is 1.21. The number of hydrogen-bond donors (Lipinski definition) is 2. The van der Waals surface area contributed by atoms with Crippen molar-refractivity contribution < 1.29 is 5.11 Å². The highest BCUT2D eigenvalue weighted by Crippen LogP contribution is 2.24. The van der Waals surface area contributed by atoms with Gasteiger partial charge in [-0.25, -0.2) is 0 Å². The summed E-state index contributed by atoms with van der Waals surface area (Å²) in [6, 6.07) is 6.88. The fourth-order valence-corrected chi connectivity index (χ4v) is 0.741. The lowest BCUT2D eigenvalue weighted by Crippen LogP contribution is -2.05. The third-order valence-corrected chi connectivity index (χ3v) is 1.30. The maximum Gasteiger partial charge on any atom is 0.140 e. The van der Waals surface area contributed by atoms with Gasteiger partial charge in [0.15, 0.2) is 0 Å². The molecule has 5 nitrogen and oxygen atoms in total. The second-order valence-corrected chi connectivity index (χ2v) is 2.10. The van der Waals surface area contributed by atoms with Gasteiger partial charge in [-0.1, -0.05) is 12.1 Å². The summed E-state index contributed by atoms with van der Waals surface area (Å²) in [5, 5.41) is 17.4. The Labute approximate surface area is 62.9 Å². The molecule has 0 spiro atoms. The van der Waals surface area contributed by atoms with Crippen molar-refractivity contribution in [3.05, 3.63) is 24.3 Å². The first kappa shape index (κ1) is 5.96. The van der Waals surface area contributed by atoms with Gasteiger partial charge in [0, 0.05) is 0 Å². The molecule has 1 aromatic rings. The molecule has 0 fully saturated rings. The molecule has 0 aliphatic carbocycles. The molecule has 0 radical (unpaired) electrons. The summed E-state index contributed by atoms with van der Waals surface area (Å²) < 4.78 is 0. The zero-order valence-corrected chi connectivity index (χ0v) is 5.60. The van der Waals surface area contributed by atoms with E-state index in [2.05, 4.69) is 15.9 Å². The number of hydrogen-bond acceptors (Lipinski definition) is 5. The van der Waals surface area contributed by atoms with Crippen LogP contribution >= 0.6 is 0 Å². The van der Waals surface area contributed by atoms with Gasteiger partial charge in [0.05, 0.1) is 5.69 Å². The van der Waals surface area contributed by atoms with Crippen LogP contribution in [0.3, 0.4) is 0 Å². The van der Waals surface area contributed by atoms with Crippen LogP contribution in [0.2, 0.25) is 0 Å². The predicted octanol–water partition coefficient (Wildman–Crippen LogP) is 1.32. The zero-order chi connectivity index (χ0) is 7.68. The molecular formula is C6H6N4O. The number of para-hydroxylation sites is 2. The average molecular weight is 150 g/mol. The van der Waals surface area contributed by atoms with Crippen molar-refractivity contribution >= 4 is 5.69 Å². The van der Waals surface area contributed by atoms with Crippen molar-refractivity contribution in [2.24, 2.45) is 10.4 Å². The number of hydrazine groups is 1. The highest BCUT2D eigenvalue weighted by atomic mass is 16.3. The van der Waals surface area contributed by atoms with Crippen molar-refractivity contribution in [3.8, 4) is 5.75 Å². The molecule has 1 aromatic carbocycles. The number of benzene rings is 1. The number of aromatic hydroxyl groups is 1. The van der Waals surface area contributed by atoms with E-state index in [9.17, 15) is 5.11 Å². The number of phenols is 1. The lowest BCUT2D eigenvalue weighted by molar-refractivity contribution is 0.470. The van der Waals surface area contributed by atoms with Crippen LogP contribution in [-0.2, 0) is 0 Å². The molecule has 11 heavy (non-hydrogen) atoms. The Kier molecular flexibility index (Phi) is 1.15. The van der Waals surface area contributed by atoms with Crippen molar-refractivity contribution in [1.29, 1.82) is 0 Å². The molecule has 0 unspecified atom stereocenters. The maximum absolute atomic E-state index is 9.21. The number of rotatable bonds is 2. The summed E-state index contributed by atoms with van der Waals surface area (Å²) in [5.74, 6) is 0.185. The minimum absolute atomic E-state index is 0.185. The van der Waals surface area contributed by atoms with Gasteiger partial charge in [-0.2, -0.15) is 0 Å². The summed E-state index contributed by atoms with van der Waals surface area (Å²) >= 11 is 0. The molecule has 1 heterocycles. The number of nitrogens with one attached hydrogen (secondary N) is 1. The van der Waals surface area contributed by atoms with Crippen LogP contribution in [0.5, 0.6) is 5.75 Å². The van der Waals surface area contributed by atoms with E-state index in [-0.39, 0.29) is 5.75 Å². The fourth-order valence-electron chi connectivity index (χ4n) is 0.741. The largest absolute Gasteiger partial charge is 0.506 e. The third-order valence-electron chi connectivity index (χ3n) is 1.30. The Bertz CT molecular complexity index is 292. The van der Waals surface area contributed by atoms with Crippen LogP contribution < -0.4 is 5.43 Å². The van der Waals surface area contributed by atoms with Gasteiger partial charge >= 0.3 is 0 Å². The first-order valence-corrected chi connectivity index (χ1v) is 3.12. The maximum atomic E-state index is 9.21. The first-order valence-electron chi connectivity index (χ1n) is 3.12. The van der Waals surface area contributed by atoms with Gasteiger partial charge < -0.3 is 5.11 Å². The van der Waals surface area contributed by atoms with Crippen LogP contribution in [0.1, 0.15) is 0 Å². The van der Waals surface area contributed by atoms with Crippen molar-refractivity contribution in [3.63, 3.8) is 0 Å². The van der Waals surface area contributed by atoms with E-state index in [4.69, 9.17) is 0 Å². The molecule has 0 saturated carbocycles. The summed E-state index contributed by atoms with van der Waals surface area (Å²) in [5.41, 5.74) is 3.33. The smallest absolute Gasteiger partial charge is 0.140 e. The molecular weight excluding hydrogens is 144 g/mol. The standard InChI is InChI=1S/C6H6N4O/c11-6-4-2-1-3-5(6)7-10-8-9-10/h1-4,7,11H. The first-order chi connectivity index (χ1) is 5.36. The lowest BCUT2D eigenvalue weighted by atomic mass is 10.3. The molecule has 2 rings (SSSR count). The van der Waals surface area contributed by atoms with Crippen LogP contribution in [-0.4, -0.2) is 10.3 Å². The highest BCUT2D eigenvalue weighted by Gasteiger charge is 2.11. The number of nitrogens with zero attached hydrogens (tertiary/aromatic N) is 3. The summed E-state index contributed by atoms with van der Waals surface area (Å²) in [7, 11) is 0. The highest BCUT2D eigenvalue weighted by molar-refractivity contribution is 5.54. The molecule has 0 saturated heterocycles. The van der Waals surface area contributed by atoms with E-state index in [1.165, 1.54) is 5.23 Å². The van der Waals surface area contributed by atoms with Crippen LogP contribution in [0.25, 0.3) is 0 Å². The van der Waals surface area contributed by atoms with Gasteiger partial charge in [-0.05, 0) is 27.8 Å². The predicted molar refractivity (Wildman–Crippen MR) is 38.4 cm³/mol. The molecule has 1 aliphatic heterocycles. The van der Waals surface area contributed by atoms with Gasteiger partial charge in [0.25, 0.3) is 0 Å². The van der Waals surface area contributed by atoms with Crippen LogP contribution in [0.15, 0.2) is 34.7 Å². The monoisotopic (exact) mass is 150 g/mol. The van der Waals surface area contributed by atoms with E-state index >= 15 is 0 Å². The van der Waals surface area contributed by atoms with Gasteiger partial charge in [-0.15, -0.1) is 0 Å². The quantitative estimate of drug-likeness (QED) is 0.625. The van der Waals surface area contributed by atoms with Gasteiger partial charge in [0.1, 0.15) is 5.75 Å². The van der Waals surface area contributed by atoms with Gasteiger partial charge in [0.2, 0.25) is 0 Å². The van der Waals surface area contributed by atoms with E-state index < -0.39 is 0 Å². The second-order valence-electron chi connectivity index (χ2n) is 2.10. The minimum atomic E-state index is 0.185. The number of phenolic OH excluding ortho intramolecular Hbond substituents is 1. The van der Waals surface area contributed by atoms with Crippen LogP contribution in [0.4, 0.5) is 5.69 Å². The number of anilines is 1. The SMILES string of the molecule is Oc1ccccc1NN1N=N1. The summed E-state index contributed by atoms with van der Waals surface area (Å²) in [4.78, 5) is 0. The lowest BCUT2D eigenvalue weighted by Gasteiger charge is -2.03. The van der Waals surface area contributed by atoms with Crippen LogP contribution in [0, 0.1) is 0 Å². The Morgan fingerprint density at radius 3 is 2.64 bits per heavy atom. The van der Waals surface area contributed by atoms with E-state index in [0.717, 1.165) is 0 Å². The second kappa shape index (κ2) is 2.12. The molecule has 5 heteroatoms. The van der Waals surface area contributed by atoms with Gasteiger partial charge in [-0.3, -0.25) is 5.43 Å². The Morgan fingerprint density at radius 2 is 2.00 bits per heavy atom. The Morgan fingerprint density at radius 1 is 1.27 bits per heavy atom. The van der Waals surface area contributed by atoms with E-state index in [0.29, 0.717) is 5.69 Å². The molecule has 2 N–H and O–H groups in total. The van der Waals surface area contributed by atoms with E-state index in [1.54, 1.807) is 18.2 Å². The van der Waals surface area contributed by atoms with Crippen molar-refractivity contribution in [2.45, 2.75) is 0 Å². The summed E-state index contributed by atoms with van der Waals surface area (Å²) in [6.45, 7) is 0. The topological polar surface area (TPSA) is 60.0 Å². The molecule has 0 amide bonds. The van der Waals surface area contributed by atoms with E-state index in [1.807, 2.05) is 6.07 Å².